The fourth-order valence-electron chi connectivity index (χ4n) is 8.48. The van der Waals surface area contributed by atoms with Crippen LogP contribution in [0.15, 0.2) is 206 Å². The summed E-state index contributed by atoms with van der Waals surface area (Å²) < 4.78 is 5.07. The second kappa shape index (κ2) is 12.9. The lowest BCUT2D eigenvalue weighted by Crippen LogP contribution is -2.13. The van der Waals surface area contributed by atoms with Crippen LogP contribution in [-0.4, -0.2) is 4.57 Å². The average molecular weight is 719 g/mol. The minimum atomic E-state index is 1.09. The second-order valence-electron chi connectivity index (χ2n) is 14.1. The van der Waals surface area contributed by atoms with Crippen LogP contribution in [0.5, 0.6) is 0 Å². The standard InChI is InChI=1S/C52H34N2S/c1-2-15-40-35(13-1)14-11-19-41(40)36-27-31-38(32-28-36)53(39-33-29-37(30-34-39)42-20-12-21-46-45-18-5-10-26-51(45)55-52(42)46)49-24-8-9-25-50(49)54-47-22-6-3-16-43(47)44-17-4-7-23-48(44)54/h1-34H. The number of hydrogen-bond donors (Lipinski definition) is 0. The fraction of sp³-hybridized carbons (Fsp3) is 0. The van der Waals surface area contributed by atoms with Gasteiger partial charge < -0.3 is 9.47 Å². The Kier molecular flexibility index (Phi) is 7.39. The van der Waals surface area contributed by atoms with Gasteiger partial charge in [0.1, 0.15) is 0 Å². The molecule has 3 heteroatoms. The number of thiophene rings is 1. The predicted molar refractivity (Wildman–Crippen MR) is 237 cm³/mol. The van der Waals surface area contributed by atoms with Gasteiger partial charge in [0.05, 0.1) is 22.4 Å². The molecule has 0 radical (unpaired) electrons. The Labute approximate surface area is 323 Å². The SMILES string of the molecule is c1ccc(-n2c3ccccc3c3ccccc32)c(N(c2ccc(-c3cccc4ccccc34)cc2)c2ccc(-c3cccc4c3sc3ccccc34)cc2)c1. The van der Waals surface area contributed by atoms with Gasteiger partial charge in [-0.1, -0.05) is 152 Å². The zero-order valence-electron chi connectivity index (χ0n) is 29.9. The van der Waals surface area contributed by atoms with Crippen molar-refractivity contribution in [2.24, 2.45) is 0 Å². The van der Waals surface area contributed by atoms with Crippen molar-refractivity contribution in [3.63, 3.8) is 0 Å². The molecule has 0 aliphatic heterocycles. The van der Waals surface area contributed by atoms with Crippen LogP contribution in [0.4, 0.5) is 17.1 Å². The summed E-state index contributed by atoms with van der Waals surface area (Å²) in [4.78, 5) is 2.41. The quantitative estimate of drug-likeness (QED) is 0.166. The van der Waals surface area contributed by atoms with Crippen LogP contribution in [0, 0.1) is 0 Å². The Morgan fingerprint density at radius 1 is 0.364 bits per heavy atom. The van der Waals surface area contributed by atoms with Gasteiger partial charge in [-0.15, -0.1) is 11.3 Å². The first-order chi connectivity index (χ1) is 27.3. The Bertz CT molecular complexity index is 3150. The number of nitrogens with zero attached hydrogens (tertiary/aromatic N) is 2. The Balaban J connectivity index is 1.09. The highest BCUT2D eigenvalue weighted by atomic mass is 32.1. The molecule has 2 nitrogen and oxygen atoms in total. The highest BCUT2D eigenvalue weighted by Gasteiger charge is 2.21. The van der Waals surface area contributed by atoms with E-state index < -0.39 is 0 Å². The van der Waals surface area contributed by atoms with E-state index in [1.54, 1.807) is 0 Å². The molecular weight excluding hydrogens is 685 g/mol. The van der Waals surface area contributed by atoms with Crippen LogP contribution in [-0.2, 0) is 0 Å². The Hall–Kier alpha value is -6.94. The van der Waals surface area contributed by atoms with E-state index in [1.165, 1.54) is 75.0 Å². The van der Waals surface area contributed by atoms with E-state index in [4.69, 9.17) is 0 Å². The van der Waals surface area contributed by atoms with Crippen molar-refractivity contribution < 1.29 is 0 Å². The molecule has 0 unspecified atom stereocenters. The fourth-order valence-corrected chi connectivity index (χ4v) is 9.72. The van der Waals surface area contributed by atoms with Gasteiger partial charge in [-0.05, 0) is 87.6 Å². The summed E-state index contributed by atoms with van der Waals surface area (Å²) in [6.07, 6.45) is 0. The lowest BCUT2D eigenvalue weighted by atomic mass is 9.98. The average Bonchev–Trinajstić information content (AvgIpc) is 3.80. The highest BCUT2D eigenvalue weighted by molar-refractivity contribution is 7.26. The third-order valence-electron chi connectivity index (χ3n) is 11.0. The molecule has 0 aliphatic carbocycles. The van der Waals surface area contributed by atoms with E-state index in [-0.39, 0.29) is 0 Å². The topological polar surface area (TPSA) is 8.17 Å². The molecule has 55 heavy (non-hydrogen) atoms. The molecule has 11 rings (SSSR count). The van der Waals surface area contributed by atoms with Crippen LogP contribution in [0.2, 0.25) is 0 Å². The third kappa shape index (κ3) is 5.16. The van der Waals surface area contributed by atoms with Crippen molar-refractivity contribution in [2.45, 2.75) is 0 Å². The normalized spacial score (nSPS) is 11.6. The molecule has 0 saturated heterocycles. The first kappa shape index (κ1) is 31.6. The summed E-state index contributed by atoms with van der Waals surface area (Å²) in [5.74, 6) is 0. The maximum Gasteiger partial charge on any atom is 0.0702 e. The van der Waals surface area contributed by atoms with E-state index in [0.29, 0.717) is 0 Å². The minimum absolute atomic E-state index is 1.09. The van der Waals surface area contributed by atoms with E-state index in [2.05, 4.69) is 216 Å². The number of hydrogen-bond acceptors (Lipinski definition) is 2. The summed E-state index contributed by atoms with van der Waals surface area (Å²) in [6, 6.07) is 75.1. The van der Waals surface area contributed by atoms with Crippen molar-refractivity contribution in [3.05, 3.63) is 206 Å². The molecule has 0 spiro atoms. The van der Waals surface area contributed by atoms with Gasteiger partial charge in [0, 0.05) is 42.3 Å². The van der Waals surface area contributed by atoms with E-state index in [1.807, 2.05) is 11.3 Å². The van der Waals surface area contributed by atoms with E-state index >= 15 is 0 Å². The smallest absolute Gasteiger partial charge is 0.0702 e. The number of benzene rings is 9. The summed E-state index contributed by atoms with van der Waals surface area (Å²) in [5, 5.41) is 7.64. The van der Waals surface area contributed by atoms with Crippen LogP contribution < -0.4 is 4.90 Å². The van der Waals surface area contributed by atoms with Crippen LogP contribution in [0.1, 0.15) is 0 Å². The number of rotatable bonds is 6. The molecule has 0 atom stereocenters. The van der Waals surface area contributed by atoms with Crippen LogP contribution >= 0.6 is 11.3 Å². The minimum Gasteiger partial charge on any atom is -0.308 e. The number of fused-ring (bicyclic) bond motifs is 7. The number of anilines is 3. The molecule has 0 N–H and O–H groups in total. The second-order valence-corrected chi connectivity index (χ2v) is 15.1. The monoisotopic (exact) mass is 718 g/mol. The molecule has 2 heterocycles. The van der Waals surface area contributed by atoms with Gasteiger partial charge in [-0.25, -0.2) is 0 Å². The maximum atomic E-state index is 2.42. The molecule has 11 aromatic rings. The number of para-hydroxylation sites is 4. The zero-order chi connectivity index (χ0) is 36.3. The molecule has 0 saturated carbocycles. The number of aromatic nitrogens is 1. The van der Waals surface area contributed by atoms with Crippen molar-refractivity contribution in [2.75, 3.05) is 4.90 Å². The van der Waals surface area contributed by atoms with E-state index in [9.17, 15) is 0 Å². The maximum absolute atomic E-state index is 2.42. The molecule has 0 amide bonds. The molecular formula is C52H34N2S. The van der Waals surface area contributed by atoms with Gasteiger partial charge in [0.2, 0.25) is 0 Å². The lowest BCUT2D eigenvalue weighted by molar-refractivity contribution is 1.15. The molecule has 258 valence electrons. The van der Waals surface area contributed by atoms with Crippen molar-refractivity contribution in [3.8, 4) is 27.9 Å². The lowest BCUT2D eigenvalue weighted by Gasteiger charge is -2.28. The largest absolute Gasteiger partial charge is 0.308 e. The predicted octanol–water partition coefficient (Wildman–Crippen LogP) is 15.1. The van der Waals surface area contributed by atoms with Gasteiger partial charge in [0.15, 0.2) is 0 Å². The third-order valence-corrected chi connectivity index (χ3v) is 12.2. The van der Waals surface area contributed by atoms with Gasteiger partial charge in [-0.2, -0.15) is 0 Å². The summed E-state index contributed by atoms with van der Waals surface area (Å²) >= 11 is 1.88. The highest BCUT2D eigenvalue weighted by Crippen LogP contribution is 2.44. The van der Waals surface area contributed by atoms with Crippen LogP contribution in [0.25, 0.3) is 80.7 Å². The van der Waals surface area contributed by atoms with Crippen molar-refractivity contribution in [1.29, 1.82) is 0 Å². The van der Waals surface area contributed by atoms with Crippen molar-refractivity contribution in [1.82, 2.24) is 4.57 Å². The summed E-state index contributed by atoms with van der Waals surface area (Å²) in [5.41, 5.74) is 11.7. The first-order valence-corrected chi connectivity index (χ1v) is 19.6. The molecule has 2 aromatic heterocycles. The molecule has 0 aliphatic rings. The molecule has 0 bridgehead atoms. The van der Waals surface area contributed by atoms with Gasteiger partial charge in [0.25, 0.3) is 0 Å². The summed E-state index contributed by atoms with van der Waals surface area (Å²) in [6.45, 7) is 0. The first-order valence-electron chi connectivity index (χ1n) is 18.8. The van der Waals surface area contributed by atoms with E-state index in [0.717, 1.165) is 22.7 Å². The molecule has 0 fully saturated rings. The Morgan fingerprint density at radius 3 is 1.60 bits per heavy atom. The van der Waals surface area contributed by atoms with Crippen molar-refractivity contribution >= 4 is 81.1 Å². The van der Waals surface area contributed by atoms with Crippen LogP contribution in [0.3, 0.4) is 0 Å². The molecule has 9 aromatic carbocycles. The zero-order valence-corrected chi connectivity index (χ0v) is 30.7. The summed E-state index contributed by atoms with van der Waals surface area (Å²) in [7, 11) is 0. The van der Waals surface area contributed by atoms with Gasteiger partial charge >= 0.3 is 0 Å². The Morgan fingerprint density at radius 2 is 0.873 bits per heavy atom. The van der Waals surface area contributed by atoms with Gasteiger partial charge in [-0.3, -0.25) is 0 Å².